The zero-order valence-electron chi connectivity index (χ0n) is 7.20. The molecule has 2 rings (SSSR count). The summed E-state index contributed by atoms with van der Waals surface area (Å²) >= 11 is 5.78. The molecule has 1 nitrogen and oxygen atoms in total. The molecular formula is C11H10ClN. The van der Waals surface area contributed by atoms with E-state index in [1.54, 1.807) is 0 Å². The van der Waals surface area contributed by atoms with Gasteiger partial charge in [0.25, 0.3) is 0 Å². The molecule has 1 aliphatic heterocycles. The minimum atomic E-state index is 0.780. The molecule has 0 fully saturated rings. The van der Waals surface area contributed by atoms with Crippen LogP contribution in [-0.2, 0) is 0 Å². The van der Waals surface area contributed by atoms with Crippen LogP contribution in [0.25, 0.3) is 6.08 Å². The van der Waals surface area contributed by atoms with E-state index in [0.29, 0.717) is 0 Å². The molecule has 0 aromatic heterocycles. The summed E-state index contributed by atoms with van der Waals surface area (Å²) in [6.45, 7) is 0.930. The van der Waals surface area contributed by atoms with Gasteiger partial charge in [-0.2, -0.15) is 0 Å². The minimum Gasteiger partial charge on any atom is -0.293 e. The zero-order chi connectivity index (χ0) is 9.10. The first-order chi connectivity index (χ1) is 6.34. The number of benzene rings is 1. The van der Waals surface area contributed by atoms with Gasteiger partial charge in [-0.3, -0.25) is 4.99 Å². The van der Waals surface area contributed by atoms with Gasteiger partial charge in [-0.25, -0.2) is 0 Å². The fraction of sp³-hybridized carbons (Fsp3) is 0.182. The third-order valence-electron chi connectivity index (χ3n) is 2.01. The Labute approximate surface area is 82.8 Å². The molecule has 0 aliphatic carbocycles. The highest BCUT2D eigenvalue weighted by atomic mass is 35.5. The van der Waals surface area contributed by atoms with Crippen LogP contribution in [-0.4, -0.2) is 12.8 Å². The number of hydrogen-bond donors (Lipinski definition) is 0. The molecule has 0 N–H and O–H groups in total. The predicted octanol–water partition coefficient (Wildman–Crippen LogP) is 3.20. The van der Waals surface area contributed by atoms with Crippen molar-refractivity contribution in [1.82, 2.24) is 0 Å². The normalized spacial score (nSPS) is 18.4. The smallest absolute Gasteiger partial charge is 0.0430 e. The van der Waals surface area contributed by atoms with Gasteiger partial charge in [0.05, 0.1) is 0 Å². The summed E-state index contributed by atoms with van der Waals surface area (Å²) in [5.74, 6) is 0. The van der Waals surface area contributed by atoms with Gasteiger partial charge in [0.15, 0.2) is 0 Å². The standard InChI is InChI=1S/C11H10ClN/c12-11-3-1-9(2-4-11)7-10-5-6-13-8-10/h1-4,7-8H,5-6H2/b10-7+. The Morgan fingerprint density at radius 1 is 1.23 bits per heavy atom. The maximum absolute atomic E-state index is 5.78. The molecule has 1 aromatic carbocycles. The fourth-order valence-corrected chi connectivity index (χ4v) is 1.45. The quantitative estimate of drug-likeness (QED) is 0.647. The molecule has 1 heterocycles. The lowest BCUT2D eigenvalue weighted by molar-refractivity contribution is 1.05. The summed E-state index contributed by atoms with van der Waals surface area (Å²) < 4.78 is 0. The first kappa shape index (κ1) is 8.52. The van der Waals surface area contributed by atoms with Crippen molar-refractivity contribution in [2.45, 2.75) is 6.42 Å². The van der Waals surface area contributed by atoms with E-state index in [1.807, 2.05) is 30.5 Å². The predicted molar refractivity (Wildman–Crippen MR) is 57.4 cm³/mol. The molecular weight excluding hydrogens is 182 g/mol. The molecule has 66 valence electrons. The molecule has 0 atom stereocenters. The van der Waals surface area contributed by atoms with Gasteiger partial charge >= 0.3 is 0 Å². The van der Waals surface area contributed by atoms with E-state index in [1.165, 1.54) is 11.1 Å². The van der Waals surface area contributed by atoms with Gasteiger partial charge in [0.1, 0.15) is 0 Å². The summed E-state index contributed by atoms with van der Waals surface area (Å²) in [4.78, 5) is 4.16. The van der Waals surface area contributed by atoms with Crippen LogP contribution in [0.1, 0.15) is 12.0 Å². The van der Waals surface area contributed by atoms with Gasteiger partial charge in [0.2, 0.25) is 0 Å². The Morgan fingerprint density at radius 3 is 2.62 bits per heavy atom. The average molecular weight is 192 g/mol. The summed E-state index contributed by atoms with van der Waals surface area (Å²) in [5.41, 5.74) is 2.48. The second-order valence-electron chi connectivity index (χ2n) is 3.06. The largest absolute Gasteiger partial charge is 0.293 e. The topological polar surface area (TPSA) is 12.4 Å². The molecule has 2 heteroatoms. The Kier molecular flexibility index (Phi) is 2.46. The number of halogens is 1. The lowest BCUT2D eigenvalue weighted by atomic mass is 10.1. The van der Waals surface area contributed by atoms with Crippen LogP contribution in [0.3, 0.4) is 0 Å². The van der Waals surface area contributed by atoms with Gasteiger partial charge in [-0.15, -0.1) is 0 Å². The van der Waals surface area contributed by atoms with Crippen molar-refractivity contribution in [2.75, 3.05) is 6.54 Å². The molecule has 13 heavy (non-hydrogen) atoms. The van der Waals surface area contributed by atoms with E-state index in [0.717, 1.165) is 18.0 Å². The van der Waals surface area contributed by atoms with E-state index < -0.39 is 0 Å². The van der Waals surface area contributed by atoms with E-state index in [9.17, 15) is 0 Å². The average Bonchev–Trinajstić information content (AvgIpc) is 2.62. The molecule has 0 bridgehead atoms. The molecule has 0 saturated heterocycles. The molecule has 0 amide bonds. The fourth-order valence-electron chi connectivity index (χ4n) is 1.32. The second kappa shape index (κ2) is 3.75. The minimum absolute atomic E-state index is 0.780. The highest BCUT2D eigenvalue weighted by molar-refractivity contribution is 6.30. The van der Waals surface area contributed by atoms with Crippen molar-refractivity contribution in [3.05, 3.63) is 40.4 Å². The Morgan fingerprint density at radius 2 is 2.00 bits per heavy atom. The highest BCUT2D eigenvalue weighted by Gasteiger charge is 1.99. The first-order valence-electron chi connectivity index (χ1n) is 4.30. The van der Waals surface area contributed by atoms with Crippen LogP contribution >= 0.6 is 11.6 Å². The number of rotatable bonds is 1. The van der Waals surface area contributed by atoms with E-state index in [4.69, 9.17) is 11.6 Å². The van der Waals surface area contributed by atoms with E-state index in [2.05, 4.69) is 11.1 Å². The molecule has 1 aliphatic rings. The van der Waals surface area contributed by atoms with Crippen LogP contribution in [0.4, 0.5) is 0 Å². The lowest BCUT2D eigenvalue weighted by Gasteiger charge is -1.95. The Bertz CT molecular complexity index is 349. The van der Waals surface area contributed by atoms with Crippen molar-refractivity contribution < 1.29 is 0 Å². The van der Waals surface area contributed by atoms with Crippen LogP contribution in [0.15, 0.2) is 34.8 Å². The summed E-state index contributed by atoms with van der Waals surface area (Å²) in [6, 6.07) is 7.84. The molecule has 0 unspecified atom stereocenters. The third kappa shape index (κ3) is 2.19. The van der Waals surface area contributed by atoms with Gasteiger partial charge in [-0.1, -0.05) is 29.8 Å². The van der Waals surface area contributed by atoms with E-state index in [-0.39, 0.29) is 0 Å². The van der Waals surface area contributed by atoms with Crippen molar-refractivity contribution in [3.63, 3.8) is 0 Å². The van der Waals surface area contributed by atoms with E-state index >= 15 is 0 Å². The van der Waals surface area contributed by atoms with Gasteiger partial charge in [-0.05, 0) is 29.7 Å². The monoisotopic (exact) mass is 191 g/mol. The maximum atomic E-state index is 5.78. The number of hydrogen-bond acceptors (Lipinski definition) is 1. The molecule has 0 radical (unpaired) electrons. The Hall–Kier alpha value is -1.08. The second-order valence-corrected chi connectivity index (χ2v) is 3.49. The highest BCUT2D eigenvalue weighted by Crippen LogP contribution is 2.15. The lowest BCUT2D eigenvalue weighted by Crippen LogP contribution is -1.79. The number of aliphatic imine (C=N–C) groups is 1. The molecule has 1 aromatic rings. The number of nitrogens with zero attached hydrogens (tertiary/aromatic N) is 1. The molecule has 0 saturated carbocycles. The third-order valence-corrected chi connectivity index (χ3v) is 2.26. The van der Waals surface area contributed by atoms with Crippen molar-refractivity contribution >= 4 is 23.9 Å². The van der Waals surface area contributed by atoms with Crippen LogP contribution < -0.4 is 0 Å². The van der Waals surface area contributed by atoms with Crippen LogP contribution in [0.2, 0.25) is 5.02 Å². The maximum Gasteiger partial charge on any atom is 0.0430 e. The van der Waals surface area contributed by atoms with Crippen LogP contribution in [0.5, 0.6) is 0 Å². The van der Waals surface area contributed by atoms with Crippen molar-refractivity contribution in [2.24, 2.45) is 4.99 Å². The molecule has 0 spiro atoms. The van der Waals surface area contributed by atoms with Crippen molar-refractivity contribution in [3.8, 4) is 0 Å². The SMILES string of the molecule is Clc1ccc(/C=C2/C=NCC2)cc1. The first-order valence-corrected chi connectivity index (χ1v) is 4.68. The van der Waals surface area contributed by atoms with Gasteiger partial charge in [0, 0.05) is 17.8 Å². The van der Waals surface area contributed by atoms with Crippen molar-refractivity contribution in [1.29, 1.82) is 0 Å². The zero-order valence-corrected chi connectivity index (χ0v) is 7.96. The van der Waals surface area contributed by atoms with Gasteiger partial charge < -0.3 is 0 Å². The summed E-state index contributed by atoms with van der Waals surface area (Å²) in [6.07, 6.45) is 5.14. The Balaban J connectivity index is 2.22. The summed E-state index contributed by atoms with van der Waals surface area (Å²) in [5, 5.41) is 0.780. The summed E-state index contributed by atoms with van der Waals surface area (Å²) in [7, 11) is 0. The van der Waals surface area contributed by atoms with Crippen LogP contribution in [0, 0.1) is 0 Å².